The lowest BCUT2D eigenvalue weighted by Gasteiger charge is -2.09. The number of aromatic nitrogens is 3. The number of hydrogen-bond donors (Lipinski definition) is 1. The fourth-order valence-electron chi connectivity index (χ4n) is 2.19. The van der Waals surface area contributed by atoms with E-state index in [2.05, 4.69) is 15.4 Å². The number of rotatable bonds is 2. The van der Waals surface area contributed by atoms with Gasteiger partial charge in [-0.05, 0) is 6.42 Å². The van der Waals surface area contributed by atoms with Gasteiger partial charge in [0.25, 0.3) is 0 Å². The molecule has 0 bridgehead atoms. The number of nitrogens with one attached hydrogen (secondary N) is 1. The van der Waals surface area contributed by atoms with E-state index in [4.69, 9.17) is 0 Å². The SMILES string of the molecule is CCc1cc2ncc3c(n2n1)C(C(F)F)CN3. The third-order valence-electron chi connectivity index (χ3n) is 3.10. The van der Waals surface area contributed by atoms with E-state index in [1.165, 1.54) is 0 Å². The van der Waals surface area contributed by atoms with Crippen molar-refractivity contribution in [3.63, 3.8) is 0 Å². The lowest BCUT2D eigenvalue weighted by Crippen LogP contribution is -2.14. The number of hydrogen-bond acceptors (Lipinski definition) is 3. The van der Waals surface area contributed by atoms with E-state index >= 15 is 0 Å². The summed E-state index contributed by atoms with van der Waals surface area (Å²) in [5.74, 6) is -0.805. The molecule has 0 aromatic carbocycles. The van der Waals surface area contributed by atoms with Crippen molar-refractivity contribution in [3.05, 3.63) is 23.7 Å². The molecule has 2 aromatic rings. The minimum atomic E-state index is -2.39. The van der Waals surface area contributed by atoms with Gasteiger partial charge in [0.15, 0.2) is 5.65 Å². The standard InChI is InChI=1S/C11H12F2N4/c1-2-6-3-9-15-5-8-10(17(9)16-6)7(4-14-8)11(12)13/h3,5,7,11,14H,2,4H2,1H3. The highest BCUT2D eigenvalue weighted by atomic mass is 19.3. The molecule has 1 aliphatic rings. The first kappa shape index (κ1) is 10.4. The van der Waals surface area contributed by atoms with Gasteiger partial charge in [-0.1, -0.05) is 6.92 Å². The molecule has 0 fully saturated rings. The first-order valence-electron chi connectivity index (χ1n) is 5.60. The van der Waals surface area contributed by atoms with Gasteiger partial charge in [0, 0.05) is 12.6 Å². The first-order chi connectivity index (χ1) is 8.20. The monoisotopic (exact) mass is 238 g/mol. The molecule has 0 aliphatic carbocycles. The fraction of sp³-hybridized carbons (Fsp3) is 0.455. The molecule has 3 heterocycles. The predicted octanol–water partition coefficient (Wildman–Crippen LogP) is 2.07. The number of nitrogens with zero attached hydrogens (tertiary/aromatic N) is 3. The van der Waals surface area contributed by atoms with Crippen molar-refractivity contribution in [1.29, 1.82) is 0 Å². The predicted molar refractivity (Wildman–Crippen MR) is 59.6 cm³/mol. The third-order valence-corrected chi connectivity index (χ3v) is 3.10. The highest BCUT2D eigenvalue weighted by Gasteiger charge is 2.33. The van der Waals surface area contributed by atoms with Gasteiger partial charge in [0.05, 0.1) is 29.2 Å². The van der Waals surface area contributed by atoms with Crippen molar-refractivity contribution in [1.82, 2.24) is 14.6 Å². The van der Waals surface area contributed by atoms with E-state index in [0.717, 1.165) is 12.1 Å². The second-order valence-corrected chi connectivity index (χ2v) is 4.14. The minimum absolute atomic E-state index is 0.245. The van der Waals surface area contributed by atoms with E-state index in [1.807, 2.05) is 13.0 Å². The van der Waals surface area contributed by atoms with Crippen LogP contribution in [-0.4, -0.2) is 27.6 Å². The Hall–Kier alpha value is -1.72. The summed E-state index contributed by atoms with van der Waals surface area (Å²) in [5, 5.41) is 7.26. The lowest BCUT2D eigenvalue weighted by atomic mass is 10.1. The second-order valence-electron chi connectivity index (χ2n) is 4.14. The molecule has 1 atom stereocenters. The molecule has 1 N–H and O–H groups in total. The van der Waals surface area contributed by atoms with Crippen LogP contribution in [0.5, 0.6) is 0 Å². The van der Waals surface area contributed by atoms with E-state index in [0.29, 0.717) is 17.0 Å². The molecule has 3 rings (SSSR count). The average Bonchev–Trinajstić information content (AvgIpc) is 2.91. The summed E-state index contributed by atoms with van der Waals surface area (Å²) < 4.78 is 27.4. The van der Waals surface area contributed by atoms with Gasteiger partial charge in [-0.3, -0.25) is 0 Å². The fourth-order valence-corrected chi connectivity index (χ4v) is 2.19. The number of halogens is 2. The van der Waals surface area contributed by atoms with Crippen molar-refractivity contribution in [3.8, 4) is 0 Å². The Kier molecular flexibility index (Phi) is 2.24. The zero-order chi connectivity index (χ0) is 12.0. The molecule has 2 aromatic heterocycles. The summed E-state index contributed by atoms with van der Waals surface area (Å²) in [6.45, 7) is 2.22. The molecule has 0 amide bonds. The number of fused-ring (bicyclic) bond motifs is 3. The Labute approximate surface area is 96.7 Å². The largest absolute Gasteiger partial charge is 0.381 e. The highest BCUT2D eigenvalue weighted by molar-refractivity contribution is 5.58. The van der Waals surface area contributed by atoms with Crippen LogP contribution in [0, 0.1) is 0 Å². The lowest BCUT2D eigenvalue weighted by molar-refractivity contribution is 0.119. The molecular formula is C11H12F2N4. The van der Waals surface area contributed by atoms with Crippen molar-refractivity contribution in [2.75, 3.05) is 11.9 Å². The molecule has 1 aliphatic heterocycles. The molecule has 4 nitrogen and oxygen atoms in total. The molecule has 6 heteroatoms. The highest BCUT2D eigenvalue weighted by Crippen LogP contribution is 2.34. The molecule has 90 valence electrons. The maximum absolute atomic E-state index is 12.9. The quantitative estimate of drug-likeness (QED) is 0.870. The zero-order valence-electron chi connectivity index (χ0n) is 9.32. The molecule has 0 spiro atoms. The maximum atomic E-state index is 12.9. The van der Waals surface area contributed by atoms with Crippen LogP contribution in [0.25, 0.3) is 5.65 Å². The number of anilines is 1. The summed E-state index contributed by atoms with van der Waals surface area (Å²) in [6, 6.07) is 1.83. The number of aryl methyl sites for hydroxylation is 1. The van der Waals surface area contributed by atoms with Crippen LogP contribution in [0.15, 0.2) is 12.3 Å². The van der Waals surface area contributed by atoms with Crippen LogP contribution >= 0.6 is 0 Å². The Morgan fingerprint density at radius 2 is 2.41 bits per heavy atom. The summed E-state index contributed by atoms with van der Waals surface area (Å²) in [7, 11) is 0. The summed E-state index contributed by atoms with van der Waals surface area (Å²) in [4.78, 5) is 4.21. The van der Waals surface area contributed by atoms with Gasteiger partial charge in [0.1, 0.15) is 0 Å². The summed E-state index contributed by atoms with van der Waals surface area (Å²) in [5.41, 5.74) is 2.71. The van der Waals surface area contributed by atoms with Crippen LogP contribution in [-0.2, 0) is 6.42 Å². The number of alkyl halides is 2. The Morgan fingerprint density at radius 3 is 3.12 bits per heavy atom. The van der Waals surface area contributed by atoms with Crippen LogP contribution in [0.3, 0.4) is 0 Å². The normalized spacial score (nSPS) is 18.7. The van der Waals surface area contributed by atoms with Gasteiger partial charge in [-0.25, -0.2) is 18.3 Å². The van der Waals surface area contributed by atoms with Gasteiger partial charge < -0.3 is 5.32 Å². The summed E-state index contributed by atoms with van der Waals surface area (Å²) in [6.07, 6.45) is -0.0114. The van der Waals surface area contributed by atoms with Crippen LogP contribution in [0.1, 0.15) is 24.2 Å². The van der Waals surface area contributed by atoms with E-state index in [1.54, 1.807) is 10.7 Å². The van der Waals surface area contributed by atoms with E-state index < -0.39 is 12.3 Å². The minimum Gasteiger partial charge on any atom is -0.381 e. The van der Waals surface area contributed by atoms with Crippen molar-refractivity contribution >= 4 is 11.3 Å². The molecule has 0 saturated carbocycles. The van der Waals surface area contributed by atoms with Gasteiger partial charge in [0.2, 0.25) is 6.43 Å². The topological polar surface area (TPSA) is 42.2 Å². The van der Waals surface area contributed by atoms with Crippen molar-refractivity contribution in [2.45, 2.75) is 25.7 Å². The summed E-state index contributed by atoms with van der Waals surface area (Å²) >= 11 is 0. The Morgan fingerprint density at radius 1 is 1.59 bits per heavy atom. The van der Waals surface area contributed by atoms with Gasteiger partial charge in [-0.2, -0.15) is 5.10 Å². The van der Waals surface area contributed by atoms with Crippen LogP contribution < -0.4 is 5.32 Å². The second kappa shape index (κ2) is 3.65. The maximum Gasteiger partial charge on any atom is 0.248 e. The first-order valence-corrected chi connectivity index (χ1v) is 5.60. The molecule has 1 unspecified atom stereocenters. The Balaban J connectivity index is 2.23. The van der Waals surface area contributed by atoms with E-state index in [-0.39, 0.29) is 6.54 Å². The van der Waals surface area contributed by atoms with Crippen LogP contribution in [0.4, 0.5) is 14.5 Å². The van der Waals surface area contributed by atoms with Crippen molar-refractivity contribution < 1.29 is 8.78 Å². The van der Waals surface area contributed by atoms with Gasteiger partial charge in [-0.15, -0.1) is 0 Å². The van der Waals surface area contributed by atoms with Crippen LogP contribution in [0.2, 0.25) is 0 Å². The smallest absolute Gasteiger partial charge is 0.248 e. The average molecular weight is 238 g/mol. The molecule has 17 heavy (non-hydrogen) atoms. The van der Waals surface area contributed by atoms with Gasteiger partial charge >= 0.3 is 0 Å². The zero-order valence-corrected chi connectivity index (χ0v) is 9.32. The van der Waals surface area contributed by atoms with Crippen molar-refractivity contribution in [2.24, 2.45) is 0 Å². The third kappa shape index (κ3) is 1.47. The molecule has 0 saturated heterocycles. The molecule has 0 radical (unpaired) electrons. The van der Waals surface area contributed by atoms with E-state index in [9.17, 15) is 8.78 Å². The Bertz CT molecular complexity index is 564. The molecular weight excluding hydrogens is 226 g/mol.